The summed E-state index contributed by atoms with van der Waals surface area (Å²) in [4.78, 5) is 27.4. The van der Waals surface area contributed by atoms with Crippen LogP contribution in [0, 0.1) is 11.6 Å². The quantitative estimate of drug-likeness (QED) is 0.519. The van der Waals surface area contributed by atoms with Crippen LogP contribution in [0.4, 0.5) is 23.7 Å². The fraction of sp³-hybridized carbons (Fsp3) is 0.0952. The minimum atomic E-state index is -1.23. The minimum absolute atomic E-state index is 0.0328. The number of ether oxygens (including phenoxy) is 1. The van der Waals surface area contributed by atoms with Crippen molar-refractivity contribution in [2.45, 2.75) is 6.04 Å². The molecule has 0 saturated heterocycles. The number of pyridine rings is 1. The molecule has 2 amide bonds. The summed E-state index contributed by atoms with van der Waals surface area (Å²) in [6.07, 6.45) is 1.31. The Morgan fingerprint density at radius 1 is 1.06 bits per heavy atom. The first-order chi connectivity index (χ1) is 14.9. The predicted molar refractivity (Wildman–Crippen MR) is 105 cm³/mol. The Balaban J connectivity index is 1.87. The van der Waals surface area contributed by atoms with Crippen LogP contribution in [0.15, 0.2) is 60.8 Å². The number of benzene rings is 2. The van der Waals surface area contributed by atoms with Gasteiger partial charge >= 0.3 is 12.0 Å². The van der Waals surface area contributed by atoms with E-state index in [1.165, 1.54) is 42.6 Å². The third kappa shape index (κ3) is 5.30. The van der Waals surface area contributed by atoms with Gasteiger partial charge in [-0.15, -0.1) is 0 Å². The van der Waals surface area contributed by atoms with Crippen LogP contribution in [-0.4, -0.2) is 29.0 Å². The van der Waals surface area contributed by atoms with Crippen LogP contribution < -0.4 is 15.4 Å². The predicted octanol–water partition coefficient (Wildman–Crippen LogP) is 4.27. The van der Waals surface area contributed by atoms with Gasteiger partial charge < -0.3 is 20.5 Å². The highest BCUT2D eigenvalue weighted by Crippen LogP contribution is 2.27. The van der Waals surface area contributed by atoms with Gasteiger partial charge in [-0.3, -0.25) is 4.98 Å². The number of amides is 2. The summed E-state index contributed by atoms with van der Waals surface area (Å²) < 4.78 is 45.4. The molecular formula is C21H16F3N3O4. The van der Waals surface area contributed by atoms with Crippen molar-refractivity contribution < 1.29 is 32.6 Å². The highest BCUT2D eigenvalue weighted by atomic mass is 19.1. The molecule has 0 fully saturated rings. The molecule has 3 N–H and O–H groups in total. The van der Waals surface area contributed by atoms with Crippen LogP contribution in [0.2, 0.25) is 0 Å². The number of alkyl halides is 1. The zero-order chi connectivity index (χ0) is 22.4. The summed E-state index contributed by atoms with van der Waals surface area (Å²) in [6.45, 7) is -1.23. The number of carbonyl (C=O) groups excluding carboxylic acids is 1. The molecule has 1 aromatic heterocycles. The van der Waals surface area contributed by atoms with Crippen LogP contribution in [0.1, 0.15) is 27.7 Å². The number of carbonyl (C=O) groups is 2. The largest absolute Gasteiger partial charge is 0.478 e. The van der Waals surface area contributed by atoms with E-state index in [0.29, 0.717) is 0 Å². The Morgan fingerprint density at radius 2 is 1.81 bits per heavy atom. The lowest BCUT2D eigenvalue weighted by Crippen LogP contribution is -2.34. The Hall–Kier alpha value is -4.08. The van der Waals surface area contributed by atoms with Crippen LogP contribution >= 0.6 is 0 Å². The molecule has 160 valence electrons. The molecule has 3 aromatic rings. The number of urea groups is 1. The number of nitrogens with zero attached hydrogens (tertiary/aromatic N) is 1. The Morgan fingerprint density at radius 3 is 2.42 bits per heavy atom. The first-order valence-electron chi connectivity index (χ1n) is 8.88. The van der Waals surface area contributed by atoms with Gasteiger partial charge in [-0.05, 0) is 54.1 Å². The summed E-state index contributed by atoms with van der Waals surface area (Å²) >= 11 is 0. The monoisotopic (exact) mass is 431 g/mol. The van der Waals surface area contributed by atoms with Gasteiger partial charge in [0.15, 0.2) is 11.6 Å². The summed E-state index contributed by atoms with van der Waals surface area (Å²) in [5.41, 5.74) is 0.279. The highest BCUT2D eigenvalue weighted by Gasteiger charge is 2.23. The lowest BCUT2D eigenvalue weighted by atomic mass is 10.0. The molecule has 10 heteroatoms. The third-order valence-corrected chi connectivity index (χ3v) is 4.22. The Kier molecular flexibility index (Phi) is 6.71. The van der Waals surface area contributed by atoms with Crippen molar-refractivity contribution in [3.63, 3.8) is 0 Å². The minimum Gasteiger partial charge on any atom is -0.478 e. The lowest BCUT2D eigenvalue weighted by Gasteiger charge is -2.20. The zero-order valence-electron chi connectivity index (χ0n) is 15.8. The van der Waals surface area contributed by atoms with Crippen molar-refractivity contribution >= 4 is 17.7 Å². The van der Waals surface area contributed by atoms with Crippen LogP contribution in [0.3, 0.4) is 0 Å². The van der Waals surface area contributed by atoms with Crippen LogP contribution in [-0.2, 0) is 0 Å². The van der Waals surface area contributed by atoms with E-state index >= 15 is 0 Å². The Labute approximate surface area is 174 Å². The zero-order valence-corrected chi connectivity index (χ0v) is 15.8. The van der Waals surface area contributed by atoms with E-state index in [2.05, 4.69) is 20.4 Å². The molecule has 0 aliphatic rings. The van der Waals surface area contributed by atoms with E-state index < -0.39 is 36.5 Å². The molecule has 1 heterocycles. The fourth-order valence-electron chi connectivity index (χ4n) is 2.79. The molecule has 0 unspecified atom stereocenters. The average Bonchev–Trinajstić information content (AvgIpc) is 2.74. The van der Waals surface area contributed by atoms with Crippen molar-refractivity contribution in [2.24, 2.45) is 0 Å². The number of hydrogen-bond acceptors (Lipinski definition) is 4. The maximum atomic E-state index is 14.4. The number of aromatic carboxylic acids is 1. The number of anilines is 1. The smallest absolute Gasteiger partial charge is 0.335 e. The van der Waals surface area contributed by atoms with Crippen LogP contribution in [0.5, 0.6) is 5.75 Å². The normalized spacial score (nSPS) is 11.5. The molecule has 0 saturated carbocycles. The Bertz CT molecular complexity index is 1090. The number of carboxylic acid groups (broad SMARTS) is 1. The fourth-order valence-corrected chi connectivity index (χ4v) is 2.79. The van der Waals surface area contributed by atoms with E-state index in [1.54, 1.807) is 0 Å². The molecule has 0 bridgehead atoms. The summed E-state index contributed by atoms with van der Waals surface area (Å²) in [5.74, 6) is -3.09. The molecule has 0 aliphatic carbocycles. The van der Waals surface area contributed by atoms with E-state index in [9.17, 15) is 22.8 Å². The second-order valence-electron chi connectivity index (χ2n) is 6.23. The molecule has 7 nitrogen and oxygen atoms in total. The van der Waals surface area contributed by atoms with Gasteiger partial charge in [-0.25, -0.2) is 22.8 Å². The lowest BCUT2D eigenvalue weighted by molar-refractivity contribution is 0.0697. The standard InChI is InChI=1S/C21H16F3N3O4/c22-11-31-17-8-5-13(10-16(17)24)18(19-15(23)2-1-9-25-19)27-21(30)26-14-6-3-12(4-7-14)20(28)29/h1-10,18H,11H2,(H,28,29)(H2,26,27,30)/t18-/m0/s1. The van der Waals surface area contributed by atoms with Gasteiger partial charge in [0, 0.05) is 11.9 Å². The number of aromatic nitrogens is 1. The third-order valence-electron chi connectivity index (χ3n) is 4.22. The van der Waals surface area contributed by atoms with Crippen molar-refractivity contribution in [2.75, 3.05) is 12.2 Å². The van der Waals surface area contributed by atoms with Gasteiger partial charge in [-0.2, -0.15) is 0 Å². The summed E-state index contributed by atoms with van der Waals surface area (Å²) in [6, 6.07) is 9.36. The first kappa shape index (κ1) is 21.6. The van der Waals surface area contributed by atoms with E-state index in [-0.39, 0.29) is 28.3 Å². The molecule has 3 rings (SSSR count). The number of carboxylic acids is 1. The SMILES string of the molecule is O=C(Nc1ccc(C(=O)O)cc1)N[C@@H](c1ccc(OCF)c(F)c1)c1ncccc1F. The highest BCUT2D eigenvalue weighted by molar-refractivity contribution is 5.91. The molecule has 0 radical (unpaired) electrons. The topological polar surface area (TPSA) is 101 Å². The van der Waals surface area contributed by atoms with Gasteiger partial charge in [-0.1, -0.05) is 6.07 Å². The van der Waals surface area contributed by atoms with E-state index in [4.69, 9.17) is 5.11 Å². The van der Waals surface area contributed by atoms with Crippen LogP contribution in [0.25, 0.3) is 0 Å². The molecule has 31 heavy (non-hydrogen) atoms. The second kappa shape index (κ2) is 9.61. The van der Waals surface area contributed by atoms with E-state index in [1.807, 2.05) is 0 Å². The number of halogens is 3. The van der Waals surface area contributed by atoms with Crippen molar-refractivity contribution in [1.29, 1.82) is 0 Å². The maximum Gasteiger partial charge on any atom is 0.335 e. The molecule has 1 atom stereocenters. The molecule has 0 aliphatic heterocycles. The van der Waals surface area contributed by atoms with E-state index in [0.717, 1.165) is 18.2 Å². The first-order valence-corrected chi connectivity index (χ1v) is 8.88. The number of nitrogens with one attached hydrogen (secondary N) is 2. The van der Waals surface area contributed by atoms with Gasteiger partial charge in [0.1, 0.15) is 17.6 Å². The molecule has 2 aromatic carbocycles. The average molecular weight is 431 g/mol. The number of rotatable bonds is 7. The van der Waals surface area contributed by atoms with Gasteiger partial charge in [0.05, 0.1) is 5.56 Å². The van der Waals surface area contributed by atoms with Crippen molar-refractivity contribution in [1.82, 2.24) is 10.3 Å². The molecular weight excluding hydrogens is 415 g/mol. The second-order valence-corrected chi connectivity index (χ2v) is 6.23. The number of hydrogen-bond donors (Lipinski definition) is 3. The van der Waals surface area contributed by atoms with Gasteiger partial charge in [0.2, 0.25) is 6.86 Å². The molecule has 0 spiro atoms. The van der Waals surface area contributed by atoms with Crippen molar-refractivity contribution in [3.05, 3.63) is 89.2 Å². The van der Waals surface area contributed by atoms with Gasteiger partial charge in [0.25, 0.3) is 0 Å². The summed E-state index contributed by atoms with van der Waals surface area (Å²) in [5, 5.41) is 13.9. The maximum absolute atomic E-state index is 14.4. The van der Waals surface area contributed by atoms with Crippen molar-refractivity contribution in [3.8, 4) is 5.75 Å². The summed E-state index contributed by atoms with van der Waals surface area (Å²) in [7, 11) is 0.